The van der Waals surface area contributed by atoms with Crippen LogP contribution < -0.4 is 15.9 Å². The number of anilines is 1. The predicted octanol–water partition coefficient (Wildman–Crippen LogP) is 3.07. The molecule has 0 aliphatic rings. The molecule has 0 heterocycles. The van der Waals surface area contributed by atoms with E-state index in [9.17, 15) is 29.8 Å². The summed E-state index contributed by atoms with van der Waals surface area (Å²) < 4.78 is 5.13. The van der Waals surface area contributed by atoms with Crippen LogP contribution in [0.3, 0.4) is 0 Å². The highest BCUT2D eigenvalue weighted by Crippen LogP contribution is 2.24. The van der Waals surface area contributed by atoms with E-state index in [0.717, 1.165) is 18.2 Å². The van der Waals surface area contributed by atoms with Crippen molar-refractivity contribution < 1.29 is 24.2 Å². The minimum absolute atomic E-state index is 0.0946. The molecule has 0 aromatic heterocycles. The molecular weight excluding hydrogens is 434 g/mol. The van der Waals surface area contributed by atoms with Gasteiger partial charge in [-0.25, -0.2) is 10.2 Å². The number of amides is 1. The maximum Gasteiger partial charge on any atom is 0.344 e. The monoisotopic (exact) mass is 449 g/mol. The largest absolute Gasteiger partial charge is 0.423 e. The number of esters is 1. The van der Waals surface area contributed by atoms with Crippen LogP contribution in [0.25, 0.3) is 0 Å². The van der Waals surface area contributed by atoms with Gasteiger partial charge >= 0.3 is 5.97 Å². The van der Waals surface area contributed by atoms with Crippen molar-refractivity contribution in [3.8, 4) is 5.75 Å². The van der Waals surface area contributed by atoms with Gasteiger partial charge in [0.05, 0.1) is 27.7 Å². The zero-order valence-electron chi connectivity index (χ0n) is 16.7. The van der Waals surface area contributed by atoms with Crippen LogP contribution in [0.15, 0.2) is 71.8 Å². The van der Waals surface area contributed by atoms with E-state index in [1.807, 2.05) is 0 Å². The summed E-state index contributed by atoms with van der Waals surface area (Å²) >= 11 is 0. The molecule has 0 atom stereocenters. The number of nitrogens with zero attached hydrogens (tertiary/aromatic N) is 3. The number of benzene rings is 3. The number of ether oxygens (including phenoxy) is 1. The molecule has 166 valence electrons. The Bertz CT molecular complexity index is 1220. The molecule has 12 nitrogen and oxygen atoms in total. The van der Waals surface area contributed by atoms with Crippen molar-refractivity contribution in [2.24, 2.45) is 5.10 Å². The zero-order chi connectivity index (χ0) is 24.0. The average molecular weight is 449 g/mol. The van der Waals surface area contributed by atoms with E-state index in [1.165, 1.54) is 30.5 Å². The van der Waals surface area contributed by atoms with Gasteiger partial charge in [0.25, 0.3) is 17.3 Å². The summed E-state index contributed by atoms with van der Waals surface area (Å²) in [6, 6.07) is 14.7. The van der Waals surface area contributed by atoms with Crippen molar-refractivity contribution in [1.29, 1.82) is 0 Å². The van der Waals surface area contributed by atoms with Gasteiger partial charge in [0.2, 0.25) is 0 Å². The maximum atomic E-state index is 12.3. The molecule has 0 saturated heterocycles. The van der Waals surface area contributed by atoms with Crippen molar-refractivity contribution in [3.05, 3.63) is 104 Å². The number of nitrogen functional groups attached to an aromatic ring is 1. The Morgan fingerprint density at radius 2 is 1.45 bits per heavy atom. The van der Waals surface area contributed by atoms with Crippen LogP contribution in [0.5, 0.6) is 5.75 Å². The molecule has 3 rings (SSSR count). The lowest BCUT2D eigenvalue weighted by Gasteiger charge is -2.05. The third-order valence-electron chi connectivity index (χ3n) is 4.20. The van der Waals surface area contributed by atoms with Gasteiger partial charge in [-0.05, 0) is 54.1 Å². The minimum Gasteiger partial charge on any atom is -0.423 e. The van der Waals surface area contributed by atoms with E-state index in [-0.39, 0.29) is 11.3 Å². The molecule has 3 aromatic rings. The molecule has 0 fully saturated rings. The second kappa shape index (κ2) is 9.78. The van der Waals surface area contributed by atoms with Crippen LogP contribution in [0.2, 0.25) is 0 Å². The molecule has 1 amide bonds. The highest BCUT2D eigenvalue weighted by molar-refractivity contribution is 5.95. The first kappa shape index (κ1) is 22.6. The molecule has 0 saturated carbocycles. The predicted molar refractivity (Wildman–Crippen MR) is 117 cm³/mol. The number of hydrogen-bond donors (Lipinski definition) is 2. The Hall–Kier alpha value is -5.13. The van der Waals surface area contributed by atoms with Crippen LogP contribution in [-0.4, -0.2) is 27.9 Å². The van der Waals surface area contributed by atoms with Gasteiger partial charge in [-0.2, -0.15) is 5.10 Å². The molecule has 33 heavy (non-hydrogen) atoms. The van der Waals surface area contributed by atoms with Gasteiger partial charge in [0.1, 0.15) is 5.75 Å². The quantitative estimate of drug-likeness (QED) is 0.138. The second-order valence-corrected chi connectivity index (χ2v) is 6.53. The number of carbonyl (C=O) groups excluding carboxylic acids is 2. The average Bonchev–Trinajstić information content (AvgIpc) is 2.80. The number of non-ortho nitro benzene ring substituents is 2. The van der Waals surface area contributed by atoms with Crippen LogP contribution in [0, 0.1) is 20.2 Å². The first-order valence-corrected chi connectivity index (χ1v) is 9.18. The number of carbonyl (C=O) groups is 2. The Kier molecular flexibility index (Phi) is 6.69. The fourth-order valence-electron chi connectivity index (χ4n) is 2.58. The minimum atomic E-state index is -1.00. The summed E-state index contributed by atoms with van der Waals surface area (Å²) in [5.41, 5.74) is 7.85. The van der Waals surface area contributed by atoms with Crippen molar-refractivity contribution in [1.82, 2.24) is 5.43 Å². The third kappa shape index (κ3) is 5.95. The first-order valence-electron chi connectivity index (χ1n) is 9.18. The summed E-state index contributed by atoms with van der Waals surface area (Å²) in [5, 5.41) is 25.8. The number of nitro groups is 2. The Morgan fingerprint density at radius 3 is 2.00 bits per heavy atom. The maximum absolute atomic E-state index is 12.3. The Morgan fingerprint density at radius 1 is 0.879 bits per heavy atom. The van der Waals surface area contributed by atoms with Gasteiger partial charge in [0, 0.05) is 23.4 Å². The number of nitro benzene ring substituents is 2. The van der Waals surface area contributed by atoms with Gasteiger partial charge in [-0.15, -0.1) is 0 Å². The van der Waals surface area contributed by atoms with Crippen LogP contribution >= 0.6 is 0 Å². The number of rotatable bonds is 7. The summed E-state index contributed by atoms with van der Waals surface area (Å²) in [4.78, 5) is 44.5. The molecular formula is C21H15N5O7. The Balaban J connectivity index is 1.64. The molecule has 0 unspecified atom stereocenters. The van der Waals surface area contributed by atoms with Crippen LogP contribution in [0.4, 0.5) is 17.1 Å². The number of nitrogens with one attached hydrogen (secondary N) is 1. The zero-order valence-corrected chi connectivity index (χ0v) is 16.7. The summed E-state index contributed by atoms with van der Waals surface area (Å²) in [7, 11) is 0. The molecule has 0 bridgehead atoms. The molecule has 0 aliphatic carbocycles. The van der Waals surface area contributed by atoms with Gasteiger partial charge in [-0.3, -0.25) is 25.0 Å². The molecule has 0 spiro atoms. The molecule has 12 heteroatoms. The third-order valence-corrected chi connectivity index (χ3v) is 4.20. The number of hydrazone groups is 1. The van der Waals surface area contributed by atoms with E-state index < -0.39 is 33.1 Å². The Labute approximate surface area is 185 Å². The number of hydrogen-bond acceptors (Lipinski definition) is 9. The summed E-state index contributed by atoms with van der Waals surface area (Å²) in [6.07, 6.45) is 1.37. The van der Waals surface area contributed by atoms with Gasteiger partial charge in [0.15, 0.2) is 0 Å². The van der Waals surface area contributed by atoms with Crippen LogP contribution in [-0.2, 0) is 0 Å². The molecule has 0 radical (unpaired) electrons. The highest BCUT2D eigenvalue weighted by Gasteiger charge is 2.21. The van der Waals surface area contributed by atoms with Crippen molar-refractivity contribution >= 4 is 35.2 Å². The normalized spacial score (nSPS) is 10.5. The lowest BCUT2D eigenvalue weighted by molar-refractivity contribution is -0.394. The standard InChI is InChI=1S/C21H15N5O7/c22-16-5-3-14(4-6-16)20(27)24-23-12-13-1-7-19(8-2-13)33-21(28)15-9-17(25(29)30)11-18(10-15)26(31)32/h1-12H,22H2,(H,24,27)/b23-12+. The van der Waals surface area contributed by atoms with E-state index in [0.29, 0.717) is 16.8 Å². The van der Waals surface area contributed by atoms with E-state index >= 15 is 0 Å². The summed E-state index contributed by atoms with van der Waals surface area (Å²) in [5.74, 6) is -1.33. The lowest BCUT2D eigenvalue weighted by atomic mass is 10.1. The highest BCUT2D eigenvalue weighted by atomic mass is 16.6. The molecule has 3 aromatic carbocycles. The lowest BCUT2D eigenvalue weighted by Crippen LogP contribution is -2.17. The first-order chi connectivity index (χ1) is 15.7. The van der Waals surface area contributed by atoms with Gasteiger partial charge in [-0.1, -0.05) is 0 Å². The molecule has 0 aliphatic heterocycles. The van der Waals surface area contributed by atoms with Crippen molar-refractivity contribution in [3.63, 3.8) is 0 Å². The fraction of sp³-hybridized carbons (Fsp3) is 0. The number of nitrogens with two attached hydrogens (primary N) is 1. The fourth-order valence-corrected chi connectivity index (χ4v) is 2.58. The SMILES string of the molecule is Nc1ccc(C(=O)N/N=C/c2ccc(OC(=O)c3cc([N+](=O)[O-])cc([N+](=O)[O-])c3)cc2)cc1. The van der Waals surface area contributed by atoms with Crippen LogP contribution in [0.1, 0.15) is 26.3 Å². The molecule has 3 N–H and O–H groups in total. The van der Waals surface area contributed by atoms with Crippen molar-refractivity contribution in [2.75, 3.05) is 5.73 Å². The second-order valence-electron chi connectivity index (χ2n) is 6.53. The van der Waals surface area contributed by atoms with Crippen molar-refractivity contribution in [2.45, 2.75) is 0 Å². The summed E-state index contributed by atoms with van der Waals surface area (Å²) in [6.45, 7) is 0. The van der Waals surface area contributed by atoms with Gasteiger partial charge < -0.3 is 10.5 Å². The van der Waals surface area contributed by atoms with E-state index in [1.54, 1.807) is 24.3 Å². The van der Waals surface area contributed by atoms with E-state index in [2.05, 4.69) is 10.5 Å². The van der Waals surface area contributed by atoms with E-state index in [4.69, 9.17) is 10.5 Å². The smallest absolute Gasteiger partial charge is 0.344 e. The topological polar surface area (TPSA) is 180 Å².